The van der Waals surface area contributed by atoms with Crippen LogP contribution in [0.3, 0.4) is 0 Å². The van der Waals surface area contributed by atoms with Crippen molar-refractivity contribution in [2.24, 2.45) is 0 Å². The van der Waals surface area contributed by atoms with Crippen molar-refractivity contribution in [1.29, 1.82) is 0 Å². The molecule has 3 heterocycles. The molecule has 1 amide bonds. The van der Waals surface area contributed by atoms with E-state index in [1.165, 1.54) is 18.4 Å². The Morgan fingerprint density at radius 1 is 1.13 bits per heavy atom. The van der Waals surface area contributed by atoms with Crippen molar-refractivity contribution in [3.05, 3.63) is 64.8 Å². The number of piperidine rings is 1. The lowest BCUT2D eigenvalue weighted by Gasteiger charge is -2.29. The number of aromatic nitrogens is 2. The van der Waals surface area contributed by atoms with E-state index in [2.05, 4.69) is 51.8 Å². The van der Waals surface area contributed by atoms with E-state index >= 15 is 0 Å². The Morgan fingerprint density at radius 2 is 1.90 bits per heavy atom. The van der Waals surface area contributed by atoms with Crippen LogP contribution >= 0.6 is 11.6 Å². The van der Waals surface area contributed by atoms with Crippen LogP contribution < -0.4 is 10.6 Å². The molecule has 7 heteroatoms. The highest BCUT2D eigenvalue weighted by molar-refractivity contribution is 6.31. The molecule has 1 fully saturated rings. The highest BCUT2D eigenvalue weighted by atomic mass is 35.5. The van der Waals surface area contributed by atoms with E-state index in [1.54, 1.807) is 18.3 Å². The van der Waals surface area contributed by atoms with Gasteiger partial charge in [-0.05, 0) is 74.8 Å². The standard InChI is InChI=1S/C24H24ClN5O/c1-30-10-8-16(9-11-30)15-2-5-19(6-3-15)27-24-26-14-17-12-22(31)28-21-13-18(25)4-7-20(21)23(17)29-24/h2-7,13-14,16H,8-12H2,1H3,(H,28,31)(H,26,27,29). The van der Waals surface area contributed by atoms with E-state index in [0.29, 0.717) is 22.6 Å². The van der Waals surface area contributed by atoms with Gasteiger partial charge in [0.15, 0.2) is 0 Å². The molecule has 2 aliphatic heterocycles. The Morgan fingerprint density at radius 3 is 2.68 bits per heavy atom. The van der Waals surface area contributed by atoms with Gasteiger partial charge in [-0.15, -0.1) is 0 Å². The zero-order valence-electron chi connectivity index (χ0n) is 17.4. The zero-order valence-corrected chi connectivity index (χ0v) is 18.1. The van der Waals surface area contributed by atoms with Gasteiger partial charge >= 0.3 is 0 Å². The average molecular weight is 434 g/mol. The number of rotatable bonds is 3. The predicted octanol–water partition coefficient (Wildman–Crippen LogP) is 4.84. The maximum atomic E-state index is 12.2. The summed E-state index contributed by atoms with van der Waals surface area (Å²) < 4.78 is 0. The predicted molar refractivity (Wildman–Crippen MR) is 124 cm³/mol. The lowest BCUT2D eigenvalue weighted by molar-refractivity contribution is -0.115. The summed E-state index contributed by atoms with van der Waals surface area (Å²) in [4.78, 5) is 23.8. The van der Waals surface area contributed by atoms with Gasteiger partial charge < -0.3 is 15.5 Å². The van der Waals surface area contributed by atoms with Crippen molar-refractivity contribution in [3.63, 3.8) is 0 Å². The molecule has 1 aromatic heterocycles. The van der Waals surface area contributed by atoms with E-state index in [4.69, 9.17) is 16.6 Å². The third-order valence-corrected chi connectivity index (χ3v) is 6.32. The van der Waals surface area contributed by atoms with Gasteiger partial charge in [-0.25, -0.2) is 9.97 Å². The first-order valence-electron chi connectivity index (χ1n) is 10.6. The van der Waals surface area contributed by atoms with Crippen LogP contribution in [0.25, 0.3) is 11.3 Å². The van der Waals surface area contributed by atoms with Crippen LogP contribution in [-0.4, -0.2) is 40.9 Å². The highest BCUT2D eigenvalue weighted by Crippen LogP contribution is 2.35. The fraction of sp³-hybridized carbons (Fsp3) is 0.292. The van der Waals surface area contributed by atoms with Gasteiger partial charge in [-0.3, -0.25) is 4.79 Å². The Hall–Kier alpha value is -2.96. The molecule has 1 saturated heterocycles. The summed E-state index contributed by atoms with van der Waals surface area (Å²) in [7, 11) is 2.18. The summed E-state index contributed by atoms with van der Waals surface area (Å²) in [6.45, 7) is 2.30. The fourth-order valence-corrected chi connectivity index (χ4v) is 4.51. The number of likely N-dealkylation sites (tertiary alicyclic amines) is 1. The van der Waals surface area contributed by atoms with E-state index < -0.39 is 0 Å². The third-order valence-electron chi connectivity index (χ3n) is 6.08. The van der Waals surface area contributed by atoms with Crippen molar-refractivity contribution in [2.75, 3.05) is 30.8 Å². The average Bonchev–Trinajstić information content (AvgIpc) is 2.89. The number of hydrogen-bond donors (Lipinski definition) is 2. The second kappa shape index (κ2) is 8.29. The molecule has 31 heavy (non-hydrogen) atoms. The fourth-order valence-electron chi connectivity index (χ4n) is 4.33. The van der Waals surface area contributed by atoms with Gasteiger partial charge in [-0.1, -0.05) is 23.7 Å². The smallest absolute Gasteiger partial charge is 0.228 e. The molecule has 2 aliphatic rings. The second-order valence-electron chi connectivity index (χ2n) is 8.31. The number of amides is 1. The first kappa shape index (κ1) is 20.0. The number of anilines is 3. The number of halogens is 1. The molecule has 0 unspecified atom stereocenters. The summed E-state index contributed by atoms with van der Waals surface area (Å²) in [6, 6.07) is 14.0. The lowest BCUT2D eigenvalue weighted by Crippen LogP contribution is -2.29. The van der Waals surface area contributed by atoms with E-state index in [1.807, 2.05) is 6.07 Å². The van der Waals surface area contributed by atoms with Crippen LogP contribution in [-0.2, 0) is 11.2 Å². The maximum absolute atomic E-state index is 12.2. The van der Waals surface area contributed by atoms with Crippen molar-refractivity contribution in [3.8, 4) is 11.3 Å². The molecule has 0 spiro atoms. The van der Waals surface area contributed by atoms with Gasteiger partial charge in [0, 0.05) is 28.0 Å². The molecule has 0 aliphatic carbocycles. The van der Waals surface area contributed by atoms with Gasteiger partial charge in [-0.2, -0.15) is 0 Å². The quantitative estimate of drug-likeness (QED) is 0.618. The molecular weight excluding hydrogens is 410 g/mol. The van der Waals surface area contributed by atoms with Gasteiger partial charge in [0.2, 0.25) is 11.9 Å². The van der Waals surface area contributed by atoms with Gasteiger partial charge in [0.05, 0.1) is 17.8 Å². The Labute approximate surface area is 186 Å². The van der Waals surface area contributed by atoms with E-state index in [0.717, 1.165) is 35.6 Å². The van der Waals surface area contributed by atoms with Gasteiger partial charge in [0.25, 0.3) is 0 Å². The summed E-state index contributed by atoms with van der Waals surface area (Å²) in [5.41, 5.74) is 5.37. The number of nitrogens with zero attached hydrogens (tertiary/aromatic N) is 3. The third kappa shape index (κ3) is 4.27. The van der Waals surface area contributed by atoms with Crippen LogP contribution in [0.4, 0.5) is 17.3 Å². The molecular formula is C24H24ClN5O. The normalized spacial score (nSPS) is 16.8. The molecule has 2 aromatic carbocycles. The molecule has 5 rings (SSSR count). The van der Waals surface area contributed by atoms with E-state index in [9.17, 15) is 4.79 Å². The van der Waals surface area contributed by atoms with Crippen molar-refractivity contribution >= 4 is 34.8 Å². The summed E-state index contributed by atoms with van der Waals surface area (Å²) in [5, 5.41) is 6.78. The Balaban J connectivity index is 1.39. The minimum atomic E-state index is -0.101. The first-order valence-corrected chi connectivity index (χ1v) is 10.9. The molecule has 6 nitrogen and oxygen atoms in total. The first-order chi connectivity index (χ1) is 15.0. The molecule has 2 N–H and O–H groups in total. The van der Waals surface area contributed by atoms with Crippen LogP contribution in [0.5, 0.6) is 0 Å². The minimum Gasteiger partial charge on any atom is -0.325 e. The molecule has 0 atom stereocenters. The summed E-state index contributed by atoms with van der Waals surface area (Å²) >= 11 is 6.12. The van der Waals surface area contributed by atoms with Crippen LogP contribution in [0.2, 0.25) is 5.02 Å². The van der Waals surface area contributed by atoms with Crippen LogP contribution in [0.1, 0.15) is 29.9 Å². The summed E-state index contributed by atoms with van der Waals surface area (Å²) in [6.07, 6.45) is 4.36. The Bertz CT molecular complexity index is 1120. The number of hydrogen-bond acceptors (Lipinski definition) is 5. The monoisotopic (exact) mass is 433 g/mol. The SMILES string of the molecule is CN1CCC(c2ccc(Nc3ncc4c(n3)-c3ccc(Cl)cc3NC(=O)C4)cc2)CC1. The topological polar surface area (TPSA) is 70.2 Å². The summed E-state index contributed by atoms with van der Waals surface area (Å²) in [5.74, 6) is 1.03. The van der Waals surface area contributed by atoms with E-state index in [-0.39, 0.29) is 12.3 Å². The molecule has 0 bridgehead atoms. The lowest BCUT2D eigenvalue weighted by atomic mass is 9.89. The van der Waals surface area contributed by atoms with Crippen molar-refractivity contribution < 1.29 is 4.79 Å². The minimum absolute atomic E-state index is 0.101. The van der Waals surface area contributed by atoms with Gasteiger partial charge in [0.1, 0.15) is 0 Å². The number of carbonyl (C=O) groups is 1. The largest absolute Gasteiger partial charge is 0.325 e. The maximum Gasteiger partial charge on any atom is 0.228 e. The number of fused-ring (bicyclic) bond motifs is 3. The Kier molecular flexibility index (Phi) is 5.34. The van der Waals surface area contributed by atoms with Crippen molar-refractivity contribution in [2.45, 2.75) is 25.2 Å². The number of benzene rings is 2. The van der Waals surface area contributed by atoms with Crippen LogP contribution in [0, 0.1) is 0 Å². The number of nitrogens with one attached hydrogen (secondary N) is 2. The molecule has 158 valence electrons. The number of carbonyl (C=O) groups excluding carboxylic acids is 1. The highest BCUT2D eigenvalue weighted by Gasteiger charge is 2.22. The second-order valence-corrected chi connectivity index (χ2v) is 8.74. The van der Waals surface area contributed by atoms with Crippen molar-refractivity contribution in [1.82, 2.24) is 14.9 Å². The zero-order chi connectivity index (χ0) is 21.4. The molecule has 0 radical (unpaired) electrons. The molecule has 3 aromatic rings. The van der Waals surface area contributed by atoms with Crippen LogP contribution in [0.15, 0.2) is 48.7 Å². The molecule has 0 saturated carbocycles.